The Morgan fingerprint density at radius 1 is 0.308 bits per heavy atom. The van der Waals surface area contributed by atoms with E-state index in [-0.39, 0.29) is 5.41 Å². The maximum Gasteiger partial charge on any atom is 0.0541 e. The molecule has 0 fully saturated rings. The van der Waals surface area contributed by atoms with Gasteiger partial charge in [0.1, 0.15) is 0 Å². The molecular weight excluding hydrogens is 785 g/mol. The number of nitrogens with zero attached hydrogens (tertiary/aromatic N) is 2. The van der Waals surface area contributed by atoms with Gasteiger partial charge < -0.3 is 9.47 Å². The van der Waals surface area contributed by atoms with Gasteiger partial charge in [0, 0.05) is 38.9 Å². The topological polar surface area (TPSA) is 8.17 Å². The number of rotatable bonds is 6. The van der Waals surface area contributed by atoms with E-state index in [0.717, 1.165) is 22.7 Å². The Kier molecular flexibility index (Phi) is 8.29. The Bertz CT molecular complexity index is 3800. The predicted molar refractivity (Wildman–Crippen MR) is 276 cm³/mol. The molecule has 0 N–H and O–H groups in total. The largest absolute Gasteiger partial charge is 0.310 e. The van der Waals surface area contributed by atoms with E-state index in [9.17, 15) is 0 Å². The van der Waals surface area contributed by atoms with Crippen molar-refractivity contribution in [3.63, 3.8) is 0 Å². The van der Waals surface area contributed by atoms with Crippen molar-refractivity contribution in [1.29, 1.82) is 0 Å². The highest BCUT2D eigenvalue weighted by atomic mass is 15.1. The number of fused-ring (bicyclic) bond motifs is 12. The summed E-state index contributed by atoms with van der Waals surface area (Å²) >= 11 is 0. The lowest BCUT2D eigenvalue weighted by Crippen LogP contribution is -2.16. The second-order valence-electron chi connectivity index (χ2n) is 18.1. The number of para-hydroxylation sites is 1. The minimum atomic E-state index is -0.103. The monoisotopic (exact) mass is 828 g/mol. The van der Waals surface area contributed by atoms with E-state index < -0.39 is 0 Å². The lowest BCUT2D eigenvalue weighted by atomic mass is 9.82. The average Bonchev–Trinajstić information content (AvgIpc) is 3.82. The van der Waals surface area contributed by atoms with Crippen LogP contribution in [0.2, 0.25) is 0 Å². The van der Waals surface area contributed by atoms with Gasteiger partial charge in [-0.3, -0.25) is 0 Å². The van der Waals surface area contributed by atoms with Crippen LogP contribution in [0.15, 0.2) is 231 Å². The first-order chi connectivity index (χ1) is 32.0. The van der Waals surface area contributed by atoms with Gasteiger partial charge in [-0.1, -0.05) is 178 Å². The zero-order chi connectivity index (χ0) is 43.2. The number of anilines is 3. The molecule has 0 spiro atoms. The molecule has 1 aliphatic carbocycles. The molecule has 12 aromatic rings. The fraction of sp³-hybridized carbons (Fsp3) is 0.0476. The molecule has 306 valence electrons. The molecule has 0 aliphatic heterocycles. The van der Waals surface area contributed by atoms with Crippen molar-refractivity contribution >= 4 is 71.2 Å². The molecule has 0 amide bonds. The molecule has 13 rings (SSSR count). The van der Waals surface area contributed by atoms with Gasteiger partial charge in [0.05, 0.1) is 11.0 Å². The van der Waals surface area contributed by atoms with Crippen LogP contribution in [-0.4, -0.2) is 4.57 Å². The van der Waals surface area contributed by atoms with Crippen molar-refractivity contribution in [3.05, 3.63) is 242 Å². The lowest BCUT2D eigenvalue weighted by Gasteiger charge is -2.28. The summed E-state index contributed by atoms with van der Waals surface area (Å²) < 4.78 is 2.44. The molecule has 65 heavy (non-hydrogen) atoms. The number of aromatic nitrogens is 1. The standard InChI is InChI=1S/C63H44N2/c1-63(2)59-22-12-10-20-54(59)55-36-34-48(40-60(55)63)64(45-29-24-42(25-30-45)41-14-4-3-5-15-41)46-31-26-43(27-32-46)44-28-37-62-58(38-44)56-21-11-13-23-61(56)65(62)47-33-35-53-51-18-7-6-16-49(51)50-17-8-9-19-52(50)57(53)39-47/h3-40H,1-2H3. The first-order valence-corrected chi connectivity index (χ1v) is 22.7. The van der Waals surface area contributed by atoms with Crippen molar-refractivity contribution in [3.8, 4) is 39.1 Å². The molecule has 11 aromatic carbocycles. The van der Waals surface area contributed by atoms with Crippen molar-refractivity contribution in [2.75, 3.05) is 4.90 Å². The van der Waals surface area contributed by atoms with Gasteiger partial charge in [0.2, 0.25) is 0 Å². The maximum absolute atomic E-state index is 2.44. The molecule has 0 saturated carbocycles. The SMILES string of the molecule is CC1(C)c2ccccc2-c2ccc(N(c3ccc(-c4ccccc4)cc3)c3ccc(-c4ccc5c(c4)c4ccccc4n5-c4ccc5c6ccccc6c6ccccc6c5c4)cc3)cc21. The third-order valence-corrected chi connectivity index (χ3v) is 14.2. The van der Waals surface area contributed by atoms with E-state index in [4.69, 9.17) is 0 Å². The summed E-state index contributed by atoms with van der Waals surface area (Å²) in [7, 11) is 0. The van der Waals surface area contributed by atoms with E-state index in [1.54, 1.807) is 0 Å². The molecule has 0 unspecified atom stereocenters. The fourth-order valence-electron chi connectivity index (χ4n) is 11.0. The number of hydrogen-bond acceptors (Lipinski definition) is 1. The lowest BCUT2D eigenvalue weighted by molar-refractivity contribution is 0.660. The Hall–Kier alpha value is -8.20. The summed E-state index contributed by atoms with van der Waals surface area (Å²) in [6.45, 7) is 4.71. The van der Waals surface area contributed by atoms with Crippen LogP contribution in [0.4, 0.5) is 17.1 Å². The zero-order valence-corrected chi connectivity index (χ0v) is 36.3. The molecule has 1 heterocycles. The van der Waals surface area contributed by atoms with Crippen LogP contribution in [0.25, 0.3) is 93.2 Å². The highest BCUT2D eigenvalue weighted by molar-refractivity contribution is 6.25. The van der Waals surface area contributed by atoms with Crippen LogP contribution in [0.3, 0.4) is 0 Å². The minimum Gasteiger partial charge on any atom is -0.310 e. The zero-order valence-electron chi connectivity index (χ0n) is 36.3. The second kappa shape index (κ2) is 14.4. The van der Waals surface area contributed by atoms with Gasteiger partial charge in [-0.15, -0.1) is 0 Å². The van der Waals surface area contributed by atoms with Crippen molar-refractivity contribution < 1.29 is 0 Å². The number of hydrogen-bond donors (Lipinski definition) is 0. The van der Waals surface area contributed by atoms with Gasteiger partial charge >= 0.3 is 0 Å². The van der Waals surface area contributed by atoms with E-state index in [1.807, 2.05) is 0 Å². The van der Waals surface area contributed by atoms with E-state index >= 15 is 0 Å². The Morgan fingerprint density at radius 3 is 1.49 bits per heavy atom. The van der Waals surface area contributed by atoms with Gasteiger partial charge in [0.25, 0.3) is 0 Å². The molecular formula is C63H44N2. The Labute approximate surface area is 378 Å². The summed E-state index contributed by atoms with van der Waals surface area (Å²) in [4.78, 5) is 2.41. The third kappa shape index (κ3) is 5.81. The highest BCUT2D eigenvalue weighted by Gasteiger charge is 2.35. The summed E-state index contributed by atoms with van der Waals surface area (Å²) in [5.41, 5.74) is 17.0. The Balaban J connectivity index is 0.911. The maximum atomic E-state index is 2.44. The molecule has 2 nitrogen and oxygen atoms in total. The first-order valence-electron chi connectivity index (χ1n) is 22.7. The minimum absolute atomic E-state index is 0.103. The predicted octanol–water partition coefficient (Wildman–Crippen LogP) is 17.4. The fourth-order valence-corrected chi connectivity index (χ4v) is 11.0. The van der Waals surface area contributed by atoms with Crippen LogP contribution in [0.5, 0.6) is 0 Å². The van der Waals surface area contributed by atoms with Crippen LogP contribution in [0, 0.1) is 0 Å². The van der Waals surface area contributed by atoms with Crippen LogP contribution >= 0.6 is 0 Å². The summed E-state index contributed by atoms with van der Waals surface area (Å²) in [6, 6.07) is 85.1. The van der Waals surface area contributed by atoms with Crippen LogP contribution in [0.1, 0.15) is 25.0 Å². The number of benzene rings is 11. The molecule has 0 radical (unpaired) electrons. The first kappa shape index (κ1) is 37.4. The van der Waals surface area contributed by atoms with Crippen molar-refractivity contribution in [2.45, 2.75) is 19.3 Å². The van der Waals surface area contributed by atoms with Gasteiger partial charge in [0.15, 0.2) is 0 Å². The van der Waals surface area contributed by atoms with Crippen molar-refractivity contribution in [2.24, 2.45) is 0 Å². The molecule has 1 aliphatic rings. The third-order valence-electron chi connectivity index (χ3n) is 14.2. The second-order valence-corrected chi connectivity index (χ2v) is 18.1. The molecule has 1 aromatic heterocycles. The summed E-state index contributed by atoms with van der Waals surface area (Å²) in [6.07, 6.45) is 0. The van der Waals surface area contributed by atoms with Gasteiger partial charge in [-0.25, -0.2) is 0 Å². The van der Waals surface area contributed by atoms with E-state index in [0.29, 0.717) is 0 Å². The van der Waals surface area contributed by atoms with Gasteiger partial charge in [-0.05, 0) is 144 Å². The highest BCUT2D eigenvalue weighted by Crippen LogP contribution is 2.51. The van der Waals surface area contributed by atoms with E-state index in [2.05, 4.69) is 254 Å². The van der Waals surface area contributed by atoms with Crippen LogP contribution < -0.4 is 4.90 Å². The molecule has 0 atom stereocenters. The van der Waals surface area contributed by atoms with Crippen molar-refractivity contribution in [1.82, 2.24) is 4.57 Å². The normalized spacial score (nSPS) is 12.9. The average molecular weight is 829 g/mol. The van der Waals surface area contributed by atoms with E-state index in [1.165, 1.54) is 98.6 Å². The van der Waals surface area contributed by atoms with Gasteiger partial charge in [-0.2, -0.15) is 0 Å². The summed E-state index contributed by atoms with van der Waals surface area (Å²) in [5.74, 6) is 0. The molecule has 0 saturated heterocycles. The molecule has 0 bridgehead atoms. The summed E-state index contributed by atoms with van der Waals surface area (Å²) in [5, 5.41) is 10.2. The van der Waals surface area contributed by atoms with Crippen LogP contribution in [-0.2, 0) is 5.41 Å². The molecule has 2 heteroatoms. The smallest absolute Gasteiger partial charge is 0.0541 e. The Morgan fingerprint density at radius 2 is 0.800 bits per heavy atom. The quantitative estimate of drug-likeness (QED) is 0.152.